The van der Waals surface area contributed by atoms with Crippen LogP contribution in [0.4, 0.5) is 5.69 Å². The van der Waals surface area contributed by atoms with Gasteiger partial charge in [0.05, 0.1) is 11.7 Å². The molecule has 1 aliphatic heterocycles. The molecule has 3 heterocycles. The molecule has 1 unspecified atom stereocenters. The maximum Gasteiger partial charge on any atom is 0.332 e. The number of carbonyl (C=O) groups excluding carboxylic acids is 1. The van der Waals surface area contributed by atoms with Crippen molar-refractivity contribution in [3.05, 3.63) is 107 Å². The van der Waals surface area contributed by atoms with Crippen LogP contribution in [0.1, 0.15) is 64.2 Å². The first-order chi connectivity index (χ1) is 17.9. The summed E-state index contributed by atoms with van der Waals surface area (Å²) in [7, 11) is 3.01. The molecule has 5 rings (SSSR count). The molecule has 4 aromatic rings. The van der Waals surface area contributed by atoms with Gasteiger partial charge in [0.2, 0.25) is 0 Å². The maximum absolute atomic E-state index is 14.2. The van der Waals surface area contributed by atoms with Gasteiger partial charge in [-0.15, -0.1) is 0 Å². The summed E-state index contributed by atoms with van der Waals surface area (Å²) in [5.41, 5.74) is 4.16. The summed E-state index contributed by atoms with van der Waals surface area (Å²) in [6.45, 7) is 7.88. The molecular weight excluding hydrogens is 525 g/mol. The smallest absolute Gasteiger partial charge is 0.295 e. The lowest BCUT2D eigenvalue weighted by molar-refractivity contribution is 0.0988. The van der Waals surface area contributed by atoms with Crippen LogP contribution in [0.15, 0.2) is 52.1 Å². The van der Waals surface area contributed by atoms with E-state index in [1.54, 1.807) is 34.8 Å². The number of hydrogen-bond donors (Lipinski definition) is 0. The minimum atomic E-state index is -0.526. The second-order valence-corrected chi connectivity index (χ2v) is 10.8. The third-order valence-electron chi connectivity index (χ3n) is 7.13. The highest BCUT2D eigenvalue weighted by Gasteiger charge is 2.46. The van der Waals surface area contributed by atoms with Crippen molar-refractivity contribution in [2.75, 3.05) is 4.90 Å². The van der Waals surface area contributed by atoms with Gasteiger partial charge in [-0.05, 0) is 60.7 Å². The molecule has 0 spiro atoms. The van der Waals surface area contributed by atoms with Crippen LogP contribution in [0.25, 0.3) is 5.82 Å². The van der Waals surface area contributed by atoms with Crippen molar-refractivity contribution in [3.8, 4) is 5.82 Å². The van der Waals surface area contributed by atoms with Crippen LogP contribution in [-0.2, 0) is 14.1 Å². The number of halogens is 2. The van der Waals surface area contributed by atoms with Crippen LogP contribution < -0.4 is 16.1 Å². The first-order valence-electron chi connectivity index (χ1n) is 12.2. The summed E-state index contributed by atoms with van der Waals surface area (Å²) in [4.78, 5) is 41.2. The van der Waals surface area contributed by atoms with Crippen LogP contribution in [0.2, 0.25) is 10.0 Å². The van der Waals surface area contributed by atoms with Gasteiger partial charge in [-0.3, -0.25) is 23.6 Å². The predicted octanol–water partition coefficient (Wildman–Crippen LogP) is 5.07. The second kappa shape index (κ2) is 9.29. The van der Waals surface area contributed by atoms with Crippen LogP contribution in [-0.4, -0.2) is 24.8 Å². The molecule has 2 aromatic carbocycles. The molecule has 2 aromatic heterocycles. The monoisotopic (exact) mass is 551 g/mol. The molecule has 8 nitrogen and oxygen atoms in total. The summed E-state index contributed by atoms with van der Waals surface area (Å²) in [5, 5.41) is 5.85. The van der Waals surface area contributed by atoms with E-state index in [9.17, 15) is 14.4 Å². The summed E-state index contributed by atoms with van der Waals surface area (Å²) in [6, 6.07) is 11.9. The van der Waals surface area contributed by atoms with Crippen molar-refractivity contribution in [2.24, 2.45) is 14.1 Å². The Hall–Kier alpha value is -3.62. The van der Waals surface area contributed by atoms with Gasteiger partial charge in [0.25, 0.3) is 11.5 Å². The van der Waals surface area contributed by atoms with Gasteiger partial charge in [0, 0.05) is 41.5 Å². The number of aromatic nitrogens is 4. The quantitative estimate of drug-likeness (QED) is 0.354. The van der Waals surface area contributed by atoms with Gasteiger partial charge in [-0.2, -0.15) is 5.10 Å². The first-order valence-corrected chi connectivity index (χ1v) is 12.9. The largest absolute Gasteiger partial charge is 0.332 e. The highest BCUT2D eigenvalue weighted by Crippen LogP contribution is 2.47. The predicted molar refractivity (Wildman–Crippen MR) is 149 cm³/mol. The molecule has 0 aliphatic carbocycles. The van der Waals surface area contributed by atoms with Gasteiger partial charge in [0.15, 0.2) is 5.69 Å². The molecule has 0 bridgehead atoms. The van der Waals surface area contributed by atoms with E-state index in [4.69, 9.17) is 28.3 Å². The number of nitrogens with zero attached hydrogens (tertiary/aromatic N) is 5. The minimum absolute atomic E-state index is 0.103. The molecule has 0 fully saturated rings. The zero-order valence-corrected chi connectivity index (χ0v) is 23.4. The molecule has 1 atom stereocenters. The standard InChI is InChI=1S/C28H27Cl2N5O3/c1-14(2)25-23-24(31-35(25)21-13-22(36)33(6)28(38)32(21)5)27(37)34(20-12-18(30)8-7-15(20)3)26(23)19-10-9-17(29)11-16(19)4/h7-14,26H,1-6H3. The van der Waals surface area contributed by atoms with Gasteiger partial charge in [0.1, 0.15) is 5.82 Å². The van der Waals surface area contributed by atoms with E-state index in [0.717, 1.165) is 32.5 Å². The molecule has 10 heteroatoms. The van der Waals surface area contributed by atoms with Gasteiger partial charge in [-0.1, -0.05) is 49.2 Å². The van der Waals surface area contributed by atoms with Crippen molar-refractivity contribution in [2.45, 2.75) is 39.7 Å². The van der Waals surface area contributed by atoms with E-state index >= 15 is 0 Å². The summed E-state index contributed by atoms with van der Waals surface area (Å²) in [6.07, 6.45) is 0. The lowest BCUT2D eigenvalue weighted by atomic mass is 9.91. The molecule has 0 N–H and O–H groups in total. The normalized spacial score (nSPS) is 15.0. The molecule has 38 heavy (non-hydrogen) atoms. The zero-order valence-electron chi connectivity index (χ0n) is 21.9. The Labute approximate surface area is 229 Å². The third-order valence-corrected chi connectivity index (χ3v) is 7.60. The second-order valence-electron chi connectivity index (χ2n) is 9.96. The topological polar surface area (TPSA) is 82.1 Å². The molecule has 1 amide bonds. The highest BCUT2D eigenvalue weighted by atomic mass is 35.5. The Kier molecular flexibility index (Phi) is 6.36. The maximum atomic E-state index is 14.2. The number of rotatable bonds is 4. The Morgan fingerprint density at radius 3 is 2.18 bits per heavy atom. The van der Waals surface area contributed by atoms with Crippen LogP contribution in [0, 0.1) is 13.8 Å². The average molecular weight is 552 g/mol. The lowest BCUT2D eigenvalue weighted by Gasteiger charge is -2.30. The fraction of sp³-hybridized carbons (Fsp3) is 0.286. The molecule has 0 saturated carbocycles. The molecule has 1 aliphatic rings. The highest BCUT2D eigenvalue weighted by molar-refractivity contribution is 6.31. The molecular formula is C28H27Cl2N5O3. The molecule has 196 valence electrons. The minimum Gasteiger partial charge on any atom is -0.295 e. The number of benzene rings is 2. The van der Waals surface area contributed by atoms with Gasteiger partial charge in [-0.25, -0.2) is 9.48 Å². The van der Waals surface area contributed by atoms with E-state index < -0.39 is 17.3 Å². The van der Waals surface area contributed by atoms with E-state index in [1.165, 1.54) is 17.7 Å². The molecule has 0 saturated heterocycles. The van der Waals surface area contributed by atoms with Crippen LogP contribution in [0.5, 0.6) is 0 Å². The van der Waals surface area contributed by atoms with E-state index in [0.29, 0.717) is 21.6 Å². The fourth-order valence-corrected chi connectivity index (χ4v) is 5.61. The Morgan fingerprint density at radius 1 is 0.868 bits per heavy atom. The van der Waals surface area contributed by atoms with Crippen molar-refractivity contribution < 1.29 is 4.79 Å². The zero-order chi connectivity index (χ0) is 27.6. The fourth-order valence-electron chi connectivity index (χ4n) is 5.22. The summed E-state index contributed by atoms with van der Waals surface area (Å²) < 4.78 is 3.96. The number of anilines is 1. The average Bonchev–Trinajstić information content (AvgIpc) is 3.37. The van der Waals surface area contributed by atoms with Crippen molar-refractivity contribution in [3.63, 3.8) is 0 Å². The molecule has 0 radical (unpaired) electrons. The number of amides is 1. The number of hydrogen-bond acceptors (Lipinski definition) is 4. The van der Waals surface area contributed by atoms with Crippen molar-refractivity contribution >= 4 is 34.8 Å². The Morgan fingerprint density at radius 2 is 1.53 bits per heavy atom. The van der Waals surface area contributed by atoms with Crippen LogP contribution in [0.3, 0.4) is 0 Å². The summed E-state index contributed by atoms with van der Waals surface area (Å²) in [5.74, 6) is -0.103. The van der Waals surface area contributed by atoms with Crippen molar-refractivity contribution in [1.82, 2.24) is 18.9 Å². The van der Waals surface area contributed by atoms with Crippen LogP contribution >= 0.6 is 23.2 Å². The van der Waals surface area contributed by atoms with Gasteiger partial charge >= 0.3 is 5.69 Å². The number of fused-ring (bicyclic) bond motifs is 1. The first kappa shape index (κ1) is 26.0. The van der Waals surface area contributed by atoms with Gasteiger partial charge < -0.3 is 0 Å². The number of carbonyl (C=O) groups is 1. The van der Waals surface area contributed by atoms with Crippen molar-refractivity contribution in [1.29, 1.82) is 0 Å². The third kappa shape index (κ3) is 3.90. The van der Waals surface area contributed by atoms with E-state index in [-0.39, 0.29) is 17.5 Å². The van der Waals surface area contributed by atoms with E-state index in [2.05, 4.69) is 0 Å². The summed E-state index contributed by atoms with van der Waals surface area (Å²) >= 11 is 12.7. The Balaban J connectivity index is 1.86. The SMILES string of the molecule is Cc1cc(Cl)ccc1C1c2c(nn(-c3cc(=O)n(C)c(=O)n3C)c2C(C)C)C(=O)N1c1cc(Cl)ccc1C. The number of aryl methyl sites for hydroxylation is 2. The Bertz CT molecular complexity index is 1750. The lowest BCUT2D eigenvalue weighted by Crippen LogP contribution is -2.38. The van der Waals surface area contributed by atoms with E-state index in [1.807, 2.05) is 45.9 Å².